The molecule has 0 spiro atoms. The summed E-state index contributed by atoms with van der Waals surface area (Å²) >= 11 is 0. The highest BCUT2D eigenvalue weighted by Crippen LogP contribution is 2.22. The van der Waals surface area contributed by atoms with Crippen molar-refractivity contribution >= 4 is 5.69 Å². The quantitative estimate of drug-likeness (QED) is 0.867. The summed E-state index contributed by atoms with van der Waals surface area (Å²) in [4.78, 5) is 21.6. The first-order valence-corrected chi connectivity index (χ1v) is 10.2. The van der Waals surface area contributed by atoms with Gasteiger partial charge in [-0.3, -0.25) is 14.7 Å². The maximum atomic E-state index is 12.8. The van der Waals surface area contributed by atoms with Crippen LogP contribution >= 0.6 is 0 Å². The first-order chi connectivity index (χ1) is 13.6. The summed E-state index contributed by atoms with van der Waals surface area (Å²) < 4.78 is 1.66. The fraction of sp³-hybridized carbons (Fsp3) is 0.571. The topological polar surface area (TPSA) is 74.5 Å². The number of pyridine rings is 1. The molecule has 0 aliphatic carbocycles. The highest BCUT2D eigenvalue weighted by atomic mass is 16.3. The van der Waals surface area contributed by atoms with Gasteiger partial charge in [-0.2, -0.15) is 5.10 Å². The fourth-order valence-corrected chi connectivity index (χ4v) is 4.32. The number of hydrogen-bond acceptors (Lipinski definition) is 6. The Kier molecular flexibility index (Phi) is 5.73. The van der Waals surface area contributed by atoms with E-state index in [0.717, 1.165) is 64.1 Å². The molecule has 4 heterocycles. The average Bonchev–Trinajstić information content (AvgIpc) is 2.69. The first-order valence-electron chi connectivity index (χ1n) is 10.2. The van der Waals surface area contributed by atoms with Crippen molar-refractivity contribution < 1.29 is 5.11 Å². The minimum Gasteiger partial charge on any atom is -0.393 e. The molecule has 0 unspecified atom stereocenters. The van der Waals surface area contributed by atoms with E-state index >= 15 is 0 Å². The average molecular weight is 383 g/mol. The van der Waals surface area contributed by atoms with Crippen LogP contribution in [0, 0.1) is 6.92 Å². The Hall–Kier alpha value is -2.25. The summed E-state index contributed by atoms with van der Waals surface area (Å²) in [5, 5.41) is 14.2. The monoisotopic (exact) mass is 383 g/mol. The standard InChI is InChI=1S/C21H29N5O2/c1-16-9-17(12-22-11-16)14-24-6-2-3-18(15-24)26-21(28)10-19(13-23-26)25-7-4-20(27)5-8-25/h9-13,18,20,27H,2-8,14-15H2,1H3/t18-/m0/s1. The molecule has 4 rings (SSSR count). The van der Waals surface area contributed by atoms with E-state index in [-0.39, 0.29) is 17.7 Å². The third kappa shape index (κ3) is 4.42. The second-order valence-electron chi connectivity index (χ2n) is 8.12. The molecule has 7 nitrogen and oxygen atoms in total. The lowest BCUT2D eigenvalue weighted by atomic mass is 10.0. The molecular formula is C21H29N5O2. The number of aryl methyl sites for hydroxylation is 1. The van der Waals surface area contributed by atoms with Gasteiger partial charge in [0.2, 0.25) is 0 Å². The molecule has 7 heteroatoms. The van der Waals surface area contributed by atoms with Gasteiger partial charge in [-0.1, -0.05) is 6.07 Å². The van der Waals surface area contributed by atoms with Crippen molar-refractivity contribution in [2.24, 2.45) is 0 Å². The van der Waals surface area contributed by atoms with Gasteiger partial charge in [0.1, 0.15) is 0 Å². The zero-order valence-corrected chi connectivity index (χ0v) is 16.5. The minimum absolute atomic E-state index is 0.0345. The van der Waals surface area contributed by atoms with Crippen LogP contribution in [0.5, 0.6) is 0 Å². The van der Waals surface area contributed by atoms with Gasteiger partial charge < -0.3 is 10.0 Å². The van der Waals surface area contributed by atoms with E-state index in [1.54, 1.807) is 10.7 Å². The van der Waals surface area contributed by atoms with Crippen LogP contribution in [-0.4, -0.2) is 57.1 Å². The number of aromatic nitrogens is 3. The number of piperidine rings is 2. The number of rotatable bonds is 4. The van der Waals surface area contributed by atoms with Gasteiger partial charge in [-0.05, 0) is 50.3 Å². The minimum atomic E-state index is -0.221. The van der Waals surface area contributed by atoms with Gasteiger partial charge in [0.25, 0.3) is 5.56 Å². The van der Waals surface area contributed by atoms with E-state index in [4.69, 9.17) is 0 Å². The van der Waals surface area contributed by atoms with Crippen LogP contribution in [0.4, 0.5) is 5.69 Å². The molecule has 2 saturated heterocycles. The summed E-state index contributed by atoms with van der Waals surface area (Å²) in [5.74, 6) is 0. The van der Waals surface area contributed by atoms with Crippen molar-refractivity contribution in [3.8, 4) is 0 Å². The van der Waals surface area contributed by atoms with E-state index in [1.807, 2.05) is 18.6 Å². The van der Waals surface area contributed by atoms with E-state index in [9.17, 15) is 9.90 Å². The number of likely N-dealkylation sites (tertiary alicyclic amines) is 1. The van der Waals surface area contributed by atoms with Crippen LogP contribution in [-0.2, 0) is 6.54 Å². The lowest BCUT2D eigenvalue weighted by molar-refractivity contribution is 0.145. The fourth-order valence-electron chi connectivity index (χ4n) is 4.32. The Morgan fingerprint density at radius 3 is 2.68 bits per heavy atom. The second kappa shape index (κ2) is 8.41. The van der Waals surface area contributed by atoms with Crippen molar-refractivity contribution in [1.82, 2.24) is 19.7 Å². The van der Waals surface area contributed by atoms with E-state index in [2.05, 4.69) is 32.9 Å². The van der Waals surface area contributed by atoms with Gasteiger partial charge in [-0.25, -0.2) is 4.68 Å². The molecule has 0 saturated carbocycles. The first kappa shape index (κ1) is 19.1. The zero-order valence-electron chi connectivity index (χ0n) is 16.5. The van der Waals surface area contributed by atoms with Crippen LogP contribution in [0.1, 0.15) is 42.9 Å². The Balaban J connectivity index is 1.44. The summed E-state index contributed by atoms with van der Waals surface area (Å²) in [6, 6.07) is 3.98. The maximum absolute atomic E-state index is 12.8. The molecule has 0 amide bonds. The third-order valence-electron chi connectivity index (χ3n) is 5.81. The van der Waals surface area contributed by atoms with Crippen LogP contribution in [0.3, 0.4) is 0 Å². The van der Waals surface area contributed by atoms with Crippen LogP contribution in [0.2, 0.25) is 0 Å². The molecule has 1 N–H and O–H groups in total. The lowest BCUT2D eigenvalue weighted by Crippen LogP contribution is -2.41. The van der Waals surface area contributed by atoms with E-state index < -0.39 is 0 Å². The number of aliphatic hydroxyl groups is 1. The molecule has 0 bridgehead atoms. The normalized spacial score (nSPS) is 21.8. The molecule has 0 aromatic carbocycles. The van der Waals surface area contributed by atoms with Crippen molar-refractivity contribution in [2.45, 2.75) is 51.3 Å². The molecule has 1 atom stereocenters. The Labute approximate surface area is 165 Å². The summed E-state index contributed by atoms with van der Waals surface area (Å²) in [6.45, 7) is 6.32. The molecule has 2 fully saturated rings. The number of anilines is 1. The highest BCUT2D eigenvalue weighted by Gasteiger charge is 2.24. The Morgan fingerprint density at radius 2 is 1.93 bits per heavy atom. The van der Waals surface area contributed by atoms with E-state index in [1.165, 1.54) is 11.1 Å². The number of nitrogens with zero attached hydrogens (tertiary/aromatic N) is 5. The molecule has 2 aromatic rings. The van der Waals surface area contributed by atoms with Crippen molar-refractivity contribution in [3.05, 3.63) is 52.2 Å². The third-order valence-corrected chi connectivity index (χ3v) is 5.81. The van der Waals surface area contributed by atoms with Crippen LogP contribution in [0.15, 0.2) is 35.5 Å². The molecule has 2 aromatic heterocycles. The Morgan fingerprint density at radius 1 is 1.11 bits per heavy atom. The summed E-state index contributed by atoms with van der Waals surface area (Å²) in [6.07, 6.45) is 8.91. The zero-order chi connectivity index (χ0) is 19.5. The van der Waals surface area contributed by atoms with Crippen molar-refractivity contribution in [2.75, 3.05) is 31.1 Å². The van der Waals surface area contributed by atoms with Gasteiger partial charge in [-0.15, -0.1) is 0 Å². The second-order valence-corrected chi connectivity index (χ2v) is 8.12. The lowest BCUT2D eigenvalue weighted by Gasteiger charge is -2.34. The molecule has 0 radical (unpaired) electrons. The largest absolute Gasteiger partial charge is 0.393 e. The van der Waals surface area contributed by atoms with Crippen LogP contribution in [0.25, 0.3) is 0 Å². The SMILES string of the molecule is Cc1cncc(CN2CCC[C@H](n3ncc(N4CCC(O)CC4)cc3=O)C2)c1. The van der Waals surface area contributed by atoms with Gasteiger partial charge in [0.05, 0.1) is 24.0 Å². The molecule has 2 aliphatic rings. The Bertz CT molecular complexity index is 860. The molecule has 2 aliphatic heterocycles. The number of aliphatic hydroxyl groups excluding tert-OH is 1. The van der Waals surface area contributed by atoms with Gasteiger partial charge in [0.15, 0.2) is 0 Å². The molecule has 150 valence electrons. The number of hydrogen-bond donors (Lipinski definition) is 1. The van der Waals surface area contributed by atoms with E-state index in [0.29, 0.717) is 0 Å². The van der Waals surface area contributed by atoms with Crippen molar-refractivity contribution in [1.29, 1.82) is 0 Å². The molecule has 28 heavy (non-hydrogen) atoms. The van der Waals surface area contributed by atoms with Crippen molar-refractivity contribution in [3.63, 3.8) is 0 Å². The maximum Gasteiger partial charge on any atom is 0.269 e. The highest BCUT2D eigenvalue weighted by molar-refractivity contribution is 5.43. The predicted octanol–water partition coefficient (Wildman–Crippen LogP) is 1.74. The smallest absolute Gasteiger partial charge is 0.269 e. The summed E-state index contributed by atoms with van der Waals surface area (Å²) in [7, 11) is 0. The van der Waals surface area contributed by atoms with Gasteiger partial charge >= 0.3 is 0 Å². The van der Waals surface area contributed by atoms with Gasteiger partial charge in [0, 0.05) is 44.6 Å². The molecular weight excluding hydrogens is 354 g/mol. The predicted molar refractivity (Wildman–Crippen MR) is 108 cm³/mol. The van der Waals surface area contributed by atoms with Crippen LogP contribution < -0.4 is 10.5 Å². The summed E-state index contributed by atoms with van der Waals surface area (Å²) in [5.41, 5.74) is 3.22.